The standard InChI is InChI=1S/C16H11BrINO/c17-14-5-4-12(18)9-13(14)16(20)11-3-6-15-10(8-11)2-1-7-19-15/h1-9,16,20H. The maximum atomic E-state index is 10.6. The third-order valence-electron chi connectivity index (χ3n) is 3.20. The number of aromatic nitrogens is 1. The summed E-state index contributed by atoms with van der Waals surface area (Å²) in [5, 5.41) is 11.6. The van der Waals surface area contributed by atoms with Crippen LogP contribution in [0.1, 0.15) is 17.2 Å². The van der Waals surface area contributed by atoms with Crippen LogP contribution in [0.5, 0.6) is 0 Å². The maximum Gasteiger partial charge on any atom is 0.105 e. The minimum absolute atomic E-state index is 0.649. The molecule has 0 fully saturated rings. The highest BCUT2D eigenvalue weighted by atomic mass is 127. The number of rotatable bonds is 2. The van der Waals surface area contributed by atoms with Crippen molar-refractivity contribution in [1.29, 1.82) is 0 Å². The van der Waals surface area contributed by atoms with Gasteiger partial charge in [0.1, 0.15) is 6.10 Å². The van der Waals surface area contributed by atoms with E-state index in [1.54, 1.807) is 6.20 Å². The second-order valence-electron chi connectivity index (χ2n) is 4.52. The lowest BCUT2D eigenvalue weighted by Gasteiger charge is -2.14. The minimum Gasteiger partial charge on any atom is -0.384 e. The molecule has 3 aromatic rings. The summed E-state index contributed by atoms with van der Waals surface area (Å²) in [5.41, 5.74) is 2.68. The van der Waals surface area contributed by atoms with E-state index in [1.807, 2.05) is 48.5 Å². The van der Waals surface area contributed by atoms with Gasteiger partial charge in [-0.25, -0.2) is 0 Å². The molecule has 1 unspecified atom stereocenters. The van der Waals surface area contributed by atoms with Crippen LogP contribution in [-0.2, 0) is 0 Å². The molecule has 0 saturated heterocycles. The molecule has 1 aromatic heterocycles. The normalized spacial score (nSPS) is 12.6. The van der Waals surface area contributed by atoms with Crippen LogP contribution >= 0.6 is 38.5 Å². The molecule has 1 heterocycles. The van der Waals surface area contributed by atoms with E-state index in [2.05, 4.69) is 43.5 Å². The van der Waals surface area contributed by atoms with Gasteiger partial charge in [-0.05, 0) is 64.6 Å². The molecule has 1 N–H and O–H groups in total. The van der Waals surface area contributed by atoms with Crippen LogP contribution < -0.4 is 0 Å². The van der Waals surface area contributed by atoms with E-state index < -0.39 is 6.10 Å². The lowest BCUT2D eigenvalue weighted by Crippen LogP contribution is -2.01. The zero-order valence-corrected chi connectivity index (χ0v) is 14.2. The number of halogens is 2. The molecule has 0 saturated carbocycles. The predicted octanol–water partition coefficient (Wildman–Crippen LogP) is 4.68. The fourth-order valence-electron chi connectivity index (χ4n) is 2.17. The Bertz CT molecular complexity index is 775. The number of hydrogen-bond acceptors (Lipinski definition) is 2. The van der Waals surface area contributed by atoms with Gasteiger partial charge in [-0.15, -0.1) is 0 Å². The number of hydrogen-bond donors (Lipinski definition) is 1. The lowest BCUT2D eigenvalue weighted by molar-refractivity contribution is 0.219. The molecule has 0 aliphatic rings. The monoisotopic (exact) mass is 439 g/mol. The predicted molar refractivity (Wildman–Crippen MR) is 92.7 cm³/mol. The maximum absolute atomic E-state index is 10.6. The average Bonchev–Trinajstić information content (AvgIpc) is 2.48. The van der Waals surface area contributed by atoms with E-state index in [4.69, 9.17) is 0 Å². The highest BCUT2D eigenvalue weighted by Gasteiger charge is 2.14. The van der Waals surface area contributed by atoms with Crippen molar-refractivity contribution in [1.82, 2.24) is 4.98 Å². The summed E-state index contributed by atoms with van der Waals surface area (Å²) < 4.78 is 2.01. The van der Waals surface area contributed by atoms with Gasteiger partial charge in [0.05, 0.1) is 5.52 Å². The topological polar surface area (TPSA) is 33.1 Å². The van der Waals surface area contributed by atoms with E-state index in [0.29, 0.717) is 0 Å². The molecule has 0 radical (unpaired) electrons. The van der Waals surface area contributed by atoms with E-state index in [9.17, 15) is 5.11 Å². The Morgan fingerprint density at radius 3 is 2.80 bits per heavy atom. The first kappa shape index (κ1) is 14.0. The first-order valence-corrected chi connectivity index (χ1v) is 8.00. The van der Waals surface area contributed by atoms with Crippen LogP contribution in [0.3, 0.4) is 0 Å². The molecule has 20 heavy (non-hydrogen) atoms. The zero-order valence-electron chi connectivity index (χ0n) is 10.4. The Morgan fingerprint density at radius 1 is 1.10 bits per heavy atom. The summed E-state index contributed by atoms with van der Waals surface area (Å²) in [5.74, 6) is 0. The van der Waals surface area contributed by atoms with Crippen LogP contribution in [0.15, 0.2) is 59.2 Å². The molecule has 0 spiro atoms. The quantitative estimate of drug-likeness (QED) is 0.588. The summed E-state index contributed by atoms with van der Waals surface area (Å²) in [6, 6.07) is 15.7. The van der Waals surface area contributed by atoms with Crippen LogP contribution in [-0.4, -0.2) is 10.1 Å². The van der Waals surface area contributed by atoms with Crippen molar-refractivity contribution in [2.45, 2.75) is 6.10 Å². The van der Waals surface area contributed by atoms with Gasteiger partial charge in [-0.2, -0.15) is 0 Å². The van der Waals surface area contributed by atoms with Crippen molar-refractivity contribution in [2.75, 3.05) is 0 Å². The van der Waals surface area contributed by atoms with E-state index in [-0.39, 0.29) is 0 Å². The number of benzene rings is 2. The summed E-state index contributed by atoms with van der Waals surface area (Å²) >= 11 is 5.75. The van der Waals surface area contributed by atoms with Gasteiger partial charge in [-0.1, -0.05) is 28.1 Å². The smallest absolute Gasteiger partial charge is 0.105 e. The van der Waals surface area contributed by atoms with Gasteiger partial charge in [0.25, 0.3) is 0 Å². The van der Waals surface area contributed by atoms with E-state index in [0.717, 1.165) is 30.1 Å². The first-order valence-electron chi connectivity index (χ1n) is 6.13. The van der Waals surface area contributed by atoms with Crippen molar-refractivity contribution in [3.8, 4) is 0 Å². The van der Waals surface area contributed by atoms with Crippen molar-refractivity contribution in [3.05, 3.63) is 73.9 Å². The molecule has 1 atom stereocenters. The SMILES string of the molecule is OC(c1ccc2ncccc2c1)c1cc(I)ccc1Br. The van der Waals surface area contributed by atoms with Crippen LogP contribution in [0.25, 0.3) is 10.9 Å². The molecule has 3 rings (SSSR count). The number of aliphatic hydroxyl groups is 1. The highest BCUT2D eigenvalue weighted by Crippen LogP contribution is 2.31. The van der Waals surface area contributed by atoms with Crippen molar-refractivity contribution < 1.29 is 5.11 Å². The molecule has 0 amide bonds. The fourth-order valence-corrected chi connectivity index (χ4v) is 3.15. The van der Waals surface area contributed by atoms with Gasteiger partial charge in [0.15, 0.2) is 0 Å². The number of aliphatic hydroxyl groups excluding tert-OH is 1. The van der Waals surface area contributed by atoms with Crippen LogP contribution in [0, 0.1) is 3.57 Å². The van der Waals surface area contributed by atoms with Crippen LogP contribution in [0.2, 0.25) is 0 Å². The van der Waals surface area contributed by atoms with Gasteiger partial charge in [0.2, 0.25) is 0 Å². The Labute approximate surface area is 139 Å². The van der Waals surface area contributed by atoms with E-state index in [1.165, 1.54) is 0 Å². The molecular formula is C16H11BrINO. The molecule has 0 aliphatic carbocycles. The summed E-state index contributed by atoms with van der Waals surface area (Å²) in [6.45, 7) is 0. The molecule has 0 aliphatic heterocycles. The van der Waals surface area contributed by atoms with E-state index >= 15 is 0 Å². The lowest BCUT2D eigenvalue weighted by atomic mass is 10.00. The number of fused-ring (bicyclic) bond motifs is 1. The molecule has 4 heteroatoms. The second-order valence-corrected chi connectivity index (χ2v) is 6.62. The number of pyridine rings is 1. The Balaban J connectivity index is 2.07. The molecule has 2 aromatic carbocycles. The molecule has 0 bridgehead atoms. The van der Waals surface area contributed by atoms with Crippen LogP contribution in [0.4, 0.5) is 0 Å². The van der Waals surface area contributed by atoms with Gasteiger partial charge >= 0.3 is 0 Å². The highest BCUT2D eigenvalue weighted by molar-refractivity contribution is 14.1. The largest absolute Gasteiger partial charge is 0.384 e. The average molecular weight is 440 g/mol. The molecule has 100 valence electrons. The van der Waals surface area contributed by atoms with Crippen molar-refractivity contribution >= 4 is 49.4 Å². The molecular weight excluding hydrogens is 429 g/mol. The van der Waals surface area contributed by atoms with Crippen molar-refractivity contribution in [3.63, 3.8) is 0 Å². The summed E-state index contributed by atoms with van der Waals surface area (Å²) in [4.78, 5) is 4.29. The van der Waals surface area contributed by atoms with Gasteiger partial charge < -0.3 is 5.11 Å². The van der Waals surface area contributed by atoms with Gasteiger partial charge in [0, 0.05) is 25.2 Å². The zero-order chi connectivity index (χ0) is 14.1. The summed E-state index contributed by atoms with van der Waals surface area (Å²) in [7, 11) is 0. The number of nitrogens with zero attached hydrogens (tertiary/aromatic N) is 1. The fraction of sp³-hybridized carbons (Fsp3) is 0.0625. The second kappa shape index (κ2) is 5.79. The third kappa shape index (κ3) is 2.73. The summed E-state index contributed by atoms with van der Waals surface area (Å²) in [6.07, 6.45) is 1.12. The first-order chi connectivity index (χ1) is 9.65. The van der Waals surface area contributed by atoms with Gasteiger partial charge in [-0.3, -0.25) is 4.98 Å². The Kier molecular flexibility index (Phi) is 4.05. The Hall–Kier alpha value is -0.980. The minimum atomic E-state index is -0.649. The third-order valence-corrected chi connectivity index (χ3v) is 4.59. The van der Waals surface area contributed by atoms with Crippen molar-refractivity contribution in [2.24, 2.45) is 0 Å². The Morgan fingerprint density at radius 2 is 1.95 bits per heavy atom. The molecule has 2 nitrogen and oxygen atoms in total.